The second-order valence-corrected chi connectivity index (χ2v) is 6.41. The van der Waals surface area contributed by atoms with Crippen molar-refractivity contribution < 1.29 is 19.4 Å². The van der Waals surface area contributed by atoms with Crippen molar-refractivity contribution in [3.8, 4) is 17.2 Å². The first kappa shape index (κ1) is 18.5. The van der Waals surface area contributed by atoms with Crippen LogP contribution in [0.3, 0.4) is 0 Å². The molecule has 1 amide bonds. The fourth-order valence-electron chi connectivity index (χ4n) is 3.42. The van der Waals surface area contributed by atoms with Gasteiger partial charge in [-0.1, -0.05) is 48.5 Å². The highest BCUT2D eigenvalue weighted by molar-refractivity contribution is 5.81. The van der Waals surface area contributed by atoms with Crippen molar-refractivity contribution in [2.45, 2.75) is 31.2 Å². The van der Waals surface area contributed by atoms with Gasteiger partial charge in [0.15, 0.2) is 0 Å². The van der Waals surface area contributed by atoms with Crippen LogP contribution in [0.25, 0.3) is 11.1 Å². The first-order valence-electron chi connectivity index (χ1n) is 8.83. The molecule has 0 bridgehead atoms. The summed E-state index contributed by atoms with van der Waals surface area (Å²) >= 11 is 0. The third kappa shape index (κ3) is 4.09. The van der Waals surface area contributed by atoms with E-state index < -0.39 is 18.1 Å². The molecule has 1 atom stereocenters. The average Bonchev–Trinajstić information content (AvgIpc) is 2.99. The Kier molecular flexibility index (Phi) is 5.72. The first-order valence-corrected chi connectivity index (χ1v) is 8.83. The molecule has 2 aromatic rings. The van der Waals surface area contributed by atoms with Crippen LogP contribution in [-0.4, -0.2) is 29.8 Å². The highest BCUT2D eigenvalue weighted by Gasteiger charge is 2.29. The van der Waals surface area contributed by atoms with E-state index in [1.807, 2.05) is 54.6 Å². The van der Waals surface area contributed by atoms with E-state index in [0.29, 0.717) is 6.42 Å². The number of nitriles is 1. The Labute approximate surface area is 157 Å². The Morgan fingerprint density at radius 2 is 1.70 bits per heavy atom. The predicted octanol–water partition coefficient (Wildman–Crippen LogP) is 3.67. The summed E-state index contributed by atoms with van der Waals surface area (Å²) in [4.78, 5) is 23.4. The van der Waals surface area contributed by atoms with Gasteiger partial charge >= 0.3 is 12.1 Å². The zero-order valence-corrected chi connectivity index (χ0v) is 14.7. The summed E-state index contributed by atoms with van der Waals surface area (Å²) in [6, 6.07) is 16.9. The van der Waals surface area contributed by atoms with E-state index in [9.17, 15) is 14.7 Å². The molecule has 0 saturated carbocycles. The molecule has 0 saturated heterocycles. The maximum absolute atomic E-state index is 12.1. The standard InChI is InChI=1S/C21H20N2O4/c22-12-6-5-11-19(20(24)25)23-21(26)27-13-18-16-9-3-1-7-14(16)15-8-2-4-10-17(15)18/h1-4,7-10,18-19H,5-6,11,13H2,(H,23,26)(H,24,25). The third-order valence-electron chi connectivity index (χ3n) is 4.72. The number of hydrogen-bond donors (Lipinski definition) is 2. The van der Waals surface area contributed by atoms with Gasteiger partial charge in [0.1, 0.15) is 12.6 Å². The van der Waals surface area contributed by atoms with Gasteiger partial charge in [-0.05, 0) is 35.1 Å². The van der Waals surface area contributed by atoms with Crippen LogP contribution in [0.1, 0.15) is 36.3 Å². The summed E-state index contributed by atoms with van der Waals surface area (Å²) in [5, 5.41) is 20.1. The van der Waals surface area contributed by atoms with Gasteiger partial charge < -0.3 is 15.2 Å². The van der Waals surface area contributed by atoms with E-state index >= 15 is 0 Å². The van der Waals surface area contributed by atoms with Crippen LogP contribution >= 0.6 is 0 Å². The molecule has 27 heavy (non-hydrogen) atoms. The van der Waals surface area contributed by atoms with Crippen molar-refractivity contribution in [1.82, 2.24) is 5.32 Å². The summed E-state index contributed by atoms with van der Waals surface area (Å²) < 4.78 is 5.35. The number of carboxylic acids is 1. The Bertz CT molecular complexity index is 842. The molecule has 0 aromatic heterocycles. The Hall–Kier alpha value is -3.33. The van der Waals surface area contributed by atoms with Gasteiger partial charge in [0.2, 0.25) is 0 Å². The molecule has 138 valence electrons. The summed E-state index contributed by atoms with van der Waals surface area (Å²) in [6.07, 6.45) is 0.0709. The molecular formula is C21H20N2O4. The number of alkyl carbamates (subject to hydrolysis) is 1. The number of nitrogens with one attached hydrogen (secondary N) is 1. The van der Waals surface area contributed by atoms with Crippen molar-refractivity contribution in [2.24, 2.45) is 0 Å². The van der Waals surface area contributed by atoms with Crippen LogP contribution in [0, 0.1) is 11.3 Å². The molecule has 0 heterocycles. The smallest absolute Gasteiger partial charge is 0.407 e. The number of benzene rings is 2. The fraction of sp³-hybridized carbons (Fsp3) is 0.286. The quantitative estimate of drug-likeness (QED) is 0.730. The molecule has 1 aliphatic rings. The number of carbonyl (C=O) groups excluding carboxylic acids is 1. The van der Waals surface area contributed by atoms with Gasteiger partial charge in [-0.2, -0.15) is 5.26 Å². The molecule has 0 fully saturated rings. The largest absolute Gasteiger partial charge is 0.480 e. The molecule has 0 aliphatic heterocycles. The molecule has 1 aliphatic carbocycles. The van der Waals surface area contributed by atoms with E-state index in [0.717, 1.165) is 22.3 Å². The minimum atomic E-state index is -1.14. The molecule has 0 spiro atoms. The number of carbonyl (C=O) groups is 2. The lowest BCUT2D eigenvalue weighted by atomic mass is 9.98. The Morgan fingerprint density at radius 1 is 1.11 bits per heavy atom. The van der Waals surface area contributed by atoms with Crippen molar-refractivity contribution in [2.75, 3.05) is 6.61 Å². The zero-order chi connectivity index (χ0) is 19.2. The van der Waals surface area contributed by atoms with E-state index in [2.05, 4.69) is 5.32 Å². The van der Waals surface area contributed by atoms with E-state index in [-0.39, 0.29) is 25.4 Å². The summed E-state index contributed by atoms with van der Waals surface area (Å²) in [5.41, 5.74) is 4.44. The maximum Gasteiger partial charge on any atom is 0.407 e. The van der Waals surface area contributed by atoms with Gasteiger partial charge in [0, 0.05) is 12.3 Å². The number of nitrogens with zero attached hydrogens (tertiary/aromatic N) is 1. The number of rotatable bonds is 7. The molecule has 0 radical (unpaired) electrons. The fourth-order valence-corrected chi connectivity index (χ4v) is 3.42. The SMILES string of the molecule is N#CCCCC(NC(=O)OCC1c2ccccc2-c2ccccc21)C(=O)O. The average molecular weight is 364 g/mol. The number of amides is 1. The second kappa shape index (κ2) is 8.37. The number of unbranched alkanes of at least 4 members (excludes halogenated alkanes) is 1. The van der Waals surface area contributed by atoms with E-state index in [1.54, 1.807) is 0 Å². The molecule has 1 unspecified atom stereocenters. The van der Waals surface area contributed by atoms with Crippen LogP contribution < -0.4 is 5.32 Å². The highest BCUT2D eigenvalue weighted by Crippen LogP contribution is 2.44. The summed E-state index contributed by atoms with van der Waals surface area (Å²) in [6.45, 7) is 0.129. The minimum absolute atomic E-state index is 0.0787. The van der Waals surface area contributed by atoms with Crippen molar-refractivity contribution in [3.05, 3.63) is 59.7 Å². The third-order valence-corrected chi connectivity index (χ3v) is 4.72. The predicted molar refractivity (Wildman–Crippen MR) is 99.1 cm³/mol. The number of hydrogen-bond acceptors (Lipinski definition) is 4. The van der Waals surface area contributed by atoms with Crippen LogP contribution in [0.5, 0.6) is 0 Å². The number of ether oxygens (including phenoxy) is 1. The highest BCUT2D eigenvalue weighted by atomic mass is 16.5. The molecule has 3 rings (SSSR count). The van der Waals surface area contributed by atoms with Crippen molar-refractivity contribution in [1.29, 1.82) is 5.26 Å². The van der Waals surface area contributed by atoms with Crippen LogP contribution in [0.4, 0.5) is 4.79 Å². The number of fused-ring (bicyclic) bond motifs is 3. The summed E-state index contributed by atoms with van der Waals surface area (Å²) in [5.74, 6) is -1.22. The maximum atomic E-state index is 12.1. The van der Waals surface area contributed by atoms with Crippen LogP contribution in [-0.2, 0) is 9.53 Å². The van der Waals surface area contributed by atoms with E-state index in [1.165, 1.54) is 0 Å². The Balaban J connectivity index is 1.65. The number of aliphatic carboxylic acids is 1. The normalized spacial score (nSPS) is 13.1. The van der Waals surface area contributed by atoms with Gasteiger partial charge in [0.05, 0.1) is 6.07 Å². The lowest BCUT2D eigenvalue weighted by Gasteiger charge is -2.17. The molecule has 6 nitrogen and oxygen atoms in total. The molecular weight excluding hydrogens is 344 g/mol. The Morgan fingerprint density at radius 3 is 2.26 bits per heavy atom. The van der Waals surface area contributed by atoms with Crippen LogP contribution in [0.15, 0.2) is 48.5 Å². The minimum Gasteiger partial charge on any atom is -0.480 e. The second-order valence-electron chi connectivity index (χ2n) is 6.41. The molecule has 2 aromatic carbocycles. The topological polar surface area (TPSA) is 99.4 Å². The summed E-state index contributed by atoms with van der Waals surface area (Å²) in [7, 11) is 0. The monoisotopic (exact) mass is 364 g/mol. The zero-order valence-electron chi connectivity index (χ0n) is 14.7. The van der Waals surface area contributed by atoms with Crippen molar-refractivity contribution >= 4 is 12.1 Å². The van der Waals surface area contributed by atoms with Gasteiger partial charge in [0.25, 0.3) is 0 Å². The van der Waals surface area contributed by atoms with Gasteiger partial charge in [-0.3, -0.25) is 0 Å². The lowest BCUT2D eigenvalue weighted by molar-refractivity contribution is -0.139. The van der Waals surface area contributed by atoms with Crippen LogP contribution in [0.2, 0.25) is 0 Å². The van der Waals surface area contributed by atoms with Crippen molar-refractivity contribution in [3.63, 3.8) is 0 Å². The van der Waals surface area contributed by atoms with Gasteiger partial charge in [-0.25, -0.2) is 9.59 Å². The molecule has 6 heteroatoms. The van der Waals surface area contributed by atoms with E-state index in [4.69, 9.17) is 10.00 Å². The van der Waals surface area contributed by atoms with Gasteiger partial charge in [-0.15, -0.1) is 0 Å². The first-order chi connectivity index (χ1) is 13.1. The number of carboxylic acid groups (broad SMARTS) is 1. The lowest BCUT2D eigenvalue weighted by Crippen LogP contribution is -2.41. The molecule has 2 N–H and O–H groups in total.